The zero-order valence-electron chi connectivity index (χ0n) is 9.68. The molecule has 0 heterocycles. The molecule has 2 aromatic carbocycles. The van der Waals surface area contributed by atoms with Gasteiger partial charge in [-0.15, -0.1) is 0 Å². The van der Waals surface area contributed by atoms with E-state index in [1.54, 1.807) is 12.1 Å². The summed E-state index contributed by atoms with van der Waals surface area (Å²) < 4.78 is 19.6. The summed E-state index contributed by atoms with van der Waals surface area (Å²) in [5.41, 5.74) is 0.0652. The summed E-state index contributed by atoms with van der Waals surface area (Å²) in [6.07, 6.45) is 0. The first-order valence-electron chi connectivity index (χ1n) is 5.37. The predicted octanol–water partition coefficient (Wildman–Crippen LogP) is 3.92. The van der Waals surface area contributed by atoms with E-state index in [1.807, 2.05) is 12.1 Å². The van der Waals surface area contributed by atoms with Gasteiger partial charge in [0.15, 0.2) is 0 Å². The van der Waals surface area contributed by atoms with Crippen LogP contribution in [0.25, 0.3) is 0 Å². The maximum Gasteiger partial charge on any atom is 0.276 e. The molecule has 0 radical (unpaired) electrons. The molecule has 0 amide bonds. The van der Waals surface area contributed by atoms with Crippen molar-refractivity contribution < 1.29 is 14.1 Å². The van der Waals surface area contributed by atoms with Crippen LogP contribution in [0.5, 0.6) is 5.75 Å². The summed E-state index contributed by atoms with van der Waals surface area (Å²) in [5.74, 6) is 0.0609. The topological polar surface area (TPSA) is 52.4 Å². The molecule has 0 saturated carbocycles. The van der Waals surface area contributed by atoms with Gasteiger partial charge in [-0.05, 0) is 59.0 Å². The first-order valence-corrected chi connectivity index (χ1v) is 6.45. The fourth-order valence-corrected chi connectivity index (χ4v) is 1.90. The Bertz CT molecular complexity index is 601. The van der Waals surface area contributed by atoms with Crippen LogP contribution in [0.1, 0.15) is 5.56 Å². The van der Waals surface area contributed by atoms with Crippen LogP contribution < -0.4 is 4.74 Å². The number of hydrogen-bond acceptors (Lipinski definition) is 3. The van der Waals surface area contributed by atoms with E-state index in [0.717, 1.165) is 21.8 Å². The molecule has 0 spiro atoms. The highest BCUT2D eigenvalue weighted by Gasteiger charge is 2.14. The Morgan fingerprint density at radius 3 is 2.53 bits per heavy atom. The van der Waals surface area contributed by atoms with Crippen molar-refractivity contribution in [2.75, 3.05) is 0 Å². The van der Waals surface area contributed by atoms with Crippen LogP contribution >= 0.6 is 22.6 Å². The van der Waals surface area contributed by atoms with Gasteiger partial charge in [-0.2, -0.15) is 0 Å². The van der Waals surface area contributed by atoms with Gasteiger partial charge in [-0.1, -0.05) is 0 Å². The molecule has 0 aliphatic heterocycles. The molecule has 0 unspecified atom stereocenters. The number of ether oxygens (including phenoxy) is 1. The van der Waals surface area contributed by atoms with Gasteiger partial charge in [0.25, 0.3) is 5.69 Å². The maximum atomic E-state index is 13.1. The molecule has 0 bridgehead atoms. The number of nitrogens with zero attached hydrogens (tertiary/aromatic N) is 1. The molecule has 0 N–H and O–H groups in total. The molecule has 0 aliphatic carbocycles. The van der Waals surface area contributed by atoms with Crippen molar-refractivity contribution in [3.63, 3.8) is 0 Å². The van der Waals surface area contributed by atoms with Crippen LogP contribution in [0.2, 0.25) is 0 Å². The van der Waals surface area contributed by atoms with Crippen LogP contribution in [-0.2, 0) is 6.61 Å². The molecular formula is C13H9FINO3. The summed E-state index contributed by atoms with van der Waals surface area (Å²) in [4.78, 5) is 10.3. The van der Waals surface area contributed by atoms with Crippen molar-refractivity contribution in [2.24, 2.45) is 0 Å². The monoisotopic (exact) mass is 373 g/mol. The smallest absolute Gasteiger partial charge is 0.276 e. The van der Waals surface area contributed by atoms with Gasteiger partial charge >= 0.3 is 0 Å². The third kappa shape index (κ3) is 3.63. The molecule has 0 atom stereocenters. The molecule has 0 aromatic heterocycles. The molecular weight excluding hydrogens is 364 g/mol. The lowest BCUT2D eigenvalue weighted by atomic mass is 10.2. The van der Waals surface area contributed by atoms with Crippen molar-refractivity contribution in [3.8, 4) is 5.75 Å². The van der Waals surface area contributed by atoms with Crippen molar-refractivity contribution >= 4 is 28.3 Å². The van der Waals surface area contributed by atoms with Gasteiger partial charge in [-0.3, -0.25) is 10.1 Å². The molecule has 6 heteroatoms. The predicted molar refractivity (Wildman–Crippen MR) is 76.5 cm³/mol. The lowest BCUT2D eigenvalue weighted by molar-refractivity contribution is -0.385. The highest BCUT2D eigenvalue weighted by molar-refractivity contribution is 14.1. The minimum absolute atomic E-state index is 0.0470. The minimum atomic E-state index is -0.550. The third-order valence-corrected chi connectivity index (χ3v) is 3.17. The fraction of sp³-hybridized carbons (Fsp3) is 0.0769. The van der Waals surface area contributed by atoms with Gasteiger partial charge < -0.3 is 4.74 Å². The summed E-state index contributed by atoms with van der Waals surface area (Å²) in [6.45, 7) is -0.0470. The van der Waals surface area contributed by atoms with E-state index >= 15 is 0 Å². The molecule has 98 valence electrons. The molecule has 0 saturated heterocycles. The average molecular weight is 373 g/mol. The van der Waals surface area contributed by atoms with Gasteiger partial charge in [0.2, 0.25) is 0 Å². The van der Waals surface area contributed by atoms with Crippen LogP contribution in [0.4, 0.5) is 10.1 Å². The third-order valence-electron chi connectivity index (χ3n) is 2.45. The van der Waals surface area contributed by atoms with Crippen LogP contribution in [-0.4, -0.2) is 4.92 Å². The van der Waals surface area contributed by atoms with Crippen molar-refractivity contribution in [1.29, 1.82) is 0 Å². The number of nitro benzene ring substituents is 1. The summed E-state index contributed by atoms with van der Waals surface area (Å²) in [6, 6.07) is 10.5. The molecule has 0 fully saturated rings. The number of hydrogen-bond donors (Lipinski definition) is 0. The molecule has 2 rings (SSSR count). The lowest BCUT2D eigenvalue weighted by Crippen LogP contribution is -2.01. The number of benzene rings is 2. The van der Waals surface area contributed by atoms with Crippen molar-refractivity contribution in [2.45, 2.75) is 6.61 Å². The zero-order chi connectivity index (χ0) is 13.8. The van der Waals surface area contributed by atoms with E-state index < -0.39 is 10.7 Å². The first-order chi connectivity index (χ1) is 9.06. The van der Waals surface area contributed by atoms with E-state index in [2.05, 4.69) is 22.6 Å². The Morgan fingerprint density at radius 2 is 1.89 bits per heavy atom. The summed E-state index contributed by atoms with van der Waals surface area (Å²) >= 11 is 2.16. The zero-order valence-corrected chi connectivity index (χ0v) is 11.8. The van der Waals surface area contributed by atoms with Crippen molar-refractivity contribution in [1.82, 2.24) is 0 Å². The molecule has 0 aliphatic rings. The SMILES string of the molecule is O=[N+]([O-])c1ccc(F)cc1COc1ccc(I)cc1. The second-order valence-electron chi connectivity index (χ2n) is 3.77. The fourth-order valence-electron chi connectivity index (χ4n) is 1.54. The number of halogens is 2. The maximum absolute atomic E-state index is 13.1. The van der Waals surface area contributed by atoms with E-state index in [0.29, 0.717) is 5.75 Å². The highest BCUT2D eigenvalue weighted by atomic mass is 127. The second-order valence-corrected chi connectivity index (χ2v) is 5.02. The first kappa shape index (κ1) is 13.7. The van der Waals surface area contributed by atoms with E-state index in [4.69, 9.17) is 4.74 Å². The standard InChI is InChI=1S/C13H9FINO3/c14-10-1-6-13(16(17)18)9(7-10)8-19-12-4-2-11(15)3-5-12/h1-7H,8H2. The van der Waals surface area contributed by atoms with Gasteiger partial charge in [0, 0.05) is 9.64 Å². The number of nitro groups is 1. The molecule has 19 heavy (non-hydrogen) atoms. The second kappa shape index (κ2) is 5.96. The van der Waals surface area contributed by atoms with Gasteiger partial charge in [0.05, 0.1) is 10.5 Å². The van der Waals surface area contributed by atoms with Gasteiger partial charge in [-0.25, -0.2) is 4.39 Å². The van der Waals surface area contributed by atoms with Crippen LogP contribution in [0, 0.1) is 19.5 Å². The van der Waals surface area contributed by atoms with E-state index in [-0.39, 0.29) is 17.9 Å². The normalized spacial score (nSPS) is 10.2. The summed E-state index contributed by atoms with van der Waals surface area (Å²) in [7, 11) is 0. The largest absolute Gasteiger partial charge is 0.489 e. The summed E-state index contributed by atoms with van der Waals surface area (Å²) in [5, 5.41) is 10.8. The van der Waals surface area contributed by atoms with E-state index in [1.165, 1.54) is 0 Å². The number of rotatable bonds is 4. The Morgan fingerprint density at radius 1 is 1.21 bits per heavy atom. The average Bonchev–Trinajstić information content (AvgIpc) is 2.38. The Labute approximate surface area is 122 Å². The van der Waals surface area contributed by atoms with Gasteiger partial charge in [0.1, 0.15) is 18.2 Å². The van der Waals surface area contributed by atoms with Crippen LogP contribution in [0.15, 0.2) is 42.5 Å². The quantitative estimate of drug-likeness (QED) is 0.464. The minimum Gasteiger partial charge on any atom is -0.489 e. The molecule has 4 nitrogen and oxygen atoms in total. The van der Waals surface area contributed by atoms with Crippen molar-refractivity contribution in [3.05, 3.63) is 67.5 Å². The highest BCUT2D eigenvalue weighted by Crippen LogP contribution is 2.22. The van der Waals surface area contributed by atoms with Crippen LogP contribution in [0.3, 0.4) is 0 Å². The Hall–Kier alpha value is -1.70. The molecule has 2 aromatic rings. The Kier molecular flexibility index (Phi) is 4.31. The Balaban J connectivity index is 2.16. The lowest BCUT2D eigenvalue weighted by Gasteiger charge is -2.07. The van der Waals surface area contributed by atoms with E-state index in [9.17, 15) is 14.5 Å².